The zero-order valence-corrected chi connectivity index (χ0v) is 21.4. The number of nitrogens with one attached hydrogen (secondary N) is 2. The first kappa shape index (κ1) is 24.9. The van der Waals surface area contributed by atoms with Crippen LogP contribution in [0, 0.1) is 26.7 Å². The topological polar surface area (TPSA) is 78.5 Å². The molecule has 0 aliphatic carbocycles. The number of hydrogen-bond acceptors (Lipinski definition) is 4. The van der Waals surface area contributed by atoms with Crippen molar-refractivity contribution < 1.29 is 13.2 Å². The Kier molecular flexibility index (Phi) is 7.57. The van der Waals surface area contributed by atoms with Crippen LogP contribution in [0.1, 0.15) is 35.1 Å². The van der Waals surface area contributed by atoms with Gasteiger partial charge in [-0.1, -0.05) is 48.0 Å². The Morgan fingerprint density at radius 2 is 1.54 bits per heavy atom. The van der Waals surface area contributed by atoms with Gasteiger partial charge in [0, 0.05) is 18.2 Å². The maximum atomic E-state index is 12.9. The van der Waals surface area contributed by atoms with Gasteiger partial charge in [-0.05, 0) is 87.7 Å². The third kappa shape index (κ3) is 6.29. The van der Waals surface area contributed by atoms with E-state index in [0.29, 0.717) is 11.4 Å². The highest BCUT2D eigenvalue weighted by Crippen LogP contribution is 2.25. The molecule has 0 radical (unpaired) electrons. The number of amides is 1. The van der Waals surface area contributed by atoms with Crippen molar-refractivity contribution in [2.45, 2.75) is 45.1 Å². The minimum Gasteiger partial charge on any atom is -0.326 e. The lowest BCUT2D eigenvalue weighted by molar-refractivity contribution is -0.121. The highest BCUT2D eigenvalue weighted by molar-refractivity contribution is 7.92. The highest BCUT2D eigenvalue weighted by Gasteiger charge is 2.25. The predicted octanol–water partition coefficient (Wildman–Crippen LogP) is 5.26. The highest BCUT2D eigenvalue weighted by atomic mass is 32.2. The van der Waals surface area contributed by atoms with E-state index in [1.807, 2.05) is 32.0 Å². The molecule has 1 aliphatic heterocycles. The van der Waals surface area contributed by atoms with Crippen molar-refractivity contribution in [2.75, 3.05) is 23.1 Å². The van der Waals surface area contributed by atoms with Crippen molar-refractivity contribution in [3.8, 4) is 0 Å². The first-order valence-electron chi connectivity index (χ1n) is 12.0. The molecule has 0 aromatic heterocycles. The van der Waals surface area contributed by atoms with Crippen LogP contribution in [-0.4, -0.2) is 32.3 Å². The van der Waals surface area contributed by atoms with Crippen LogP contribution in [0.4, 0.5) is 11.4 Å². The summed E-state index contributed by atoms with van der Waals surface area (Å²) in [5.41, 5.74) is 5.48. The molecule has 0 atom stereocenters. The molecule has 0 spiro atoms. The molecular formula is C28H33N3O3S. The number of carbonyl (C=O) groups excluding carboxylic acids is 1. The van der Waals surface area contributed by atoms with E-state index in [-0.39, 0.29) is 16.7 Å². The molecule has 0 bridgehead atoms. The van der Waals surface area contributed by atoms with Gasteiger partial charge in [0.2, 0.25) is 5.91 Å². The Morgan fingerprint density at radius 1 is 0.914 bits per heavy atom. The summed E-state index contributed by atoms with van der Waals surface area (Å²) in [6.07, 6.45) is 1.62. The van der Waals surface area contributed by atoms with Crippen LogP contribution in [0.15, 0.2) is 71.6 Å². The van der Waals surface area contributed by atoms with E-state index in [9.17, 15) is 13.2 Å². The Hall–Kier alpha value is -3.16. The number of piperidine rings is 1. The van der Waals surface area contributed by atoms with Gasteiger partial charge in [-0.15, -0.1) is 0 Å². The third-order valence-corrected chi connectivity index (χ3v) is 7.96. The van der Waals surface area contributed by atoms with E-state index in [4.69, 9.17) is 0 Å². The summed E-state index contributed by atoms with van der Waals surface area (Å²) in [5.74, 6) is -0.0534. The van der Waals surface area contributed by atoms with Crippen LogP contribution >= 0.6 is 0 Å². The van der Waals surface area contributed by atoms with E-state index in [1.54, 1.807) is 12.1 Å². The summed E-state index contributed by atoms with van der Waals surface area (Å²) < 4.78 is 28.4. The molecule has 0 saturated carbocycles. The zero-order chi connectivity index (χ0) is 25.0. The molecule has 1 amide bonds. The van der Waals surface area contributed by atoms with E-state index >= 15 is 0 Å². The van der Waals surface area contributed by atoms with Crippen molar-refractivity contribution in [1.29, 1.82) is 0 Å². The lowest BCUT2D eigenvalue weighted by Gasteiger charge is -2.31. The zero-order valence-electron chi connectivity index (χ0n) is 20.5. The van der Waals surface area contributed by atoms with Crippen LogP contribution in [0.5, 0.6) is 0 Å². The molecular weight excluding hydrogens is 458 g/mol. The second kappa shape index (κ2) is 10.6. The van der Waals surface area contributed by atoms with Gasteiger partial charge < -0.3 is 5.32 Å². The summed E-state index contributed by atoms with van der Waals surface area (Å²) in [7, 11) is -3.73. The fourth-order valence-electron chi connectivity index (χ4n) is 4.55. The number of benzene rings is 3. The Labute approximate surface area is 208 Å². The van der Waals surface area contributed by atoms with Crippen LogP contribution in [-0.2, 0) is 21.4 Å². The van der Waals surface area contributed by atoms with E-state index in [0.717, 1.165) is 43.6 Å². The maximum absolute atomic E-state index is 12.9. The summed E-state index contributed by atoms with van der Waals surface area (Å²) >= 11 is 0. The van der Waals surface area contributed by atoms with Gasteiger partial charge in [-0.2, -0.15) is 0 Å². The van der Waals surface area contributed by atoms with Crippen LogP contribution in [0.3, 0.4) is 0 Å². The first-order chi connectivity index (χ1) is 16.7. The summed E-state index contributed by atoms with van der Waals surface area (Å²) in [6, 6.07) is 20.5. The number of nitrogens with zero attached hydrogens (tertiary/aromatic N) is 1. The number of aryl methyl sites for hydroxylation is 3. The average molecular weight is 492 g/mol. The molecule has 7 heteroatoms. The second-order valence-electron chi connectivity index (χ2n) is 9.43. The monoisotopic (exact) mass is 491 g/mol. The Balaban J connectivity index is 1.32. The number of hydrogen-bond donors (Lipinski definition) is 2. The van der Waals surface area contributed by atoms with Crippen LogP contribution < -0.4 is 10.0 Å². The van der Waals surface area contributed by atoms with Gasteiger partial charge in [0.1, 0.15) is 0 Å². The number of para-hydroxylation sites is 1. The average Bonchev–Trinajstić information content (AvgIpc) is 2.82. The molecule has 2 N–H and O–H groups in total. The van der Waals surface area contributed by atoms with Gasteiger partial charge in [0.05, 0.1) is 10.6 Å². The largest absolute Gasteiger partial charge is 0.326 e. The first-order valence-corrected chi connectivity index (χ1v) is 13.5. The van der Waals surface area contributed by atoms with Crippen molar-refractivity contribution in [3.05, 3.63) is 89.0 Å². The molecule has 1 saturated heterocycles. The lowest BCUT2D eigenvalue weighted by Crippen LogP contribution is -2.37. The van der Waals surface area contributed by atoms with Crippen molar-refractivity contribution in [3.63, 3.8) is 0 Å². The molecule has 184 valence electrons. The molecule has 1 fully saturated rings. The molecule has 3 aromatic carbocycles. The molecule has 4 rings (SSSR count). The standard InChI is InChI=1S/C28H33N3O3S/c1-20-6-4-9-23(18-20)19-31-16-14-24(15-17-31)28(32)29-25-10-12-26(13-11-25)35(33,34)30-27-21(2)7-5-8-22(27)3/h4-13,18,24,30H,14-17,19H2,1-3H3,(H,29,32). The summed E-state index contributed by atoms with van der Waals surface area (Å²) in [4.78, 5) is 15.4. The van der Waals surface area contributed by atoms with Gasteiger partial charge in [-0.3, -0.25) is 14.4 Å². The minimum absolute atomic E-state index is 0.00975. The second-order valence-corrected chi connectivity index (χ2v) is 11.1. The normalized spacial score (nSPS) is 15.1. The number of carbonyl (C=O) groups is 1. The van der Waals surface area contributed by atoms with Crippen molar-refractivity contribution in [2.24, 2.45) is 5.92 Å². The van der Waals surface area contributed by atoms with Crippen LogP contribution in [0.25, 0.3) is 0 Å². The van der Waals surface area contributed by atoms with E-state index < -0.39 is 10.0 Å². The van der Waals surface area contributed by atoms with Crippen molar-refractivity contribution >= 4 is 27.3 Å². The van der Waals surface area contributed by atoms with Crippen LogP contribution in [0.2, 0.25) is 0 Å². The molecule has 35 heavy (non-hydrogen) atoms. The maximum Gasteiger partial charge on any atom is 0.261 e. The van der Waals surface area contributed by atoms with Crippen molar-refractivity contribution in [1.82, 2.24) is 4.90 Å². The van der Waals surface area contributed by atoms with E-state index in [1.165, 1.54) is 23.3 Å². The van der Waals surface area contributed by atoms with Gasteiger partial charge in [0.25, 0.3) is 10.0 Å². The number of rotatable bonds is 7. The van der Waals surface area contributed by atoms with Gasteiger partial charge in [-0.25, -0.2) is 8.42 Å². The molecule has 0 unspecified atom stereocenters. The molecule has 3 aromatic rings. The summed E-state index contributed by atoms with van der Waals surface area (Å²) in [5, 5.41) is 2.96. The molecule has 1 aliphatic rings. The quantitative estimate of drug-likeness (QED) is 0.472. The number of likely N-dealkylation sites (tertiary alicyclic amines) is 1. The Bertz CT molecular complexity index is 1280. The van der Waals surface area contributed by atoms with Gasteiger partial charge in [0.15, 0.2) is 0 Å². The third-order valence-electron chi connectivity index (χ3n) is 6.60. The number of sulfonamides is 1. The lowest BCUT2D eigenvalue weighted by atomic mass is 9.95. The smallest absolute Gasteiger partial charge is 0.261 e. The van der Waals surface area contributed by atoms with Gasteiger partial charge >= 0.3 is 0 Å². The fraction of sp³-hybridized carbons (Fsp3) is 0.321. The predicted molar refractivity (Wildman–Crippen MR) is 141 cm³/mol. The van der Waals surface area contributed by atoms with E-state index in [2.05, 4.69) is 46.1 Å². The fourth-order valence-corrected chi connectivity index (χ4v) is 5.76. The summed E-state index contributed by atoms with van der Waals surface area (Å²) in [6.45, 7) is 8.51. The SMILES string of the molecule is Cc1cccc(CN2CCC(C(=O)Nc3ccc(S(=O)(=O)Nc4c(C)cccc4C)cc3)CC2)c1. The number of anilines is 2. The minimum atomic E-state index is -3.73. The molecule has 6 nitrogen and oxygen atoms in total. The molecule has 1 heterocycles. The Morgan fingerprint density at radius 3 is 2.17 bits per heavy atom.